The minimum Gasteiger partial charge on any atom is -0.479 e. The Hall–Kier alpha value is -2.42. The number of methoxy groups -OCH3 is 1. The molecule has 1 fully saturated rings. The lowest BCUT2D eigenvalue weighted by Crippen LogP contribution is -2.41. The van der Waals surface area contributed by atoms with Crippen molar-refractivity contribution in [2.75, 3.05) is 27.2 Å². The third-order valence-corrected chi connectivity index (χ3v) is 4.48. The summed E-state index contributed by atoms with van der Waals surface area (Å²) >= 11 is 0. The number of hydrogen-bond acceptors (Lipinski definition) is 6. The van der Waals surface area contributed by atoms with E-state index in [0.717, 1.165) is 5.82 Å². The zero-order valence-electron chi connectivity index (χ0n) is 14.6. The number of carbonyl (C=O) groups is 1. The Morgan fingerprint density at radius 1 is 1.56 bits per heavy atom. The van der Waals surface area contributed by atoms with Gasteiger partial charge >= 0.3 is 0 Å². The molecule has 1 aliphatic rings. The number of aryl methyl sites for hydroxylation is 1. The molecule has 2 aromatic rings. The Balaban J connectivity index is 1.64. The van der Waals surface area contributed by atoms with Gasteiger partial charge in [-0.25, -0.2) is 9.37 Å². The highest BCUT2D eigenvalue weighted by molar-refractivity contribution is 5.91. The second-order valence-corrected chi connectivity index (χ2v) is 6.29. The number of halogens is 1. The van der Waals surface area contributed by atoms with Gasteiger partial charge in [-0.1, -0.05) is 0 Å². The maximum atomic E-state index is 14.0. The van der Waals surface area contributed by atoms with E-state index in [2.05, 4.69) is 10.1 Å². The van der Waals surface area contributed by atoms with Gasteiger partial charge < -0.3 is 18.7 Å². The van der Waals surface area contributed by atoms with Crippen LogP contribution < -0.4 is 4.74 Å². The van der Waals surface area contributed by atoms with Crippen molar-refractivity contribution in [2.45, 2.75) is 25.2 Å². The Kier molecular flexibility index (Phi) is 5.03. The van der Waals surface area contributed by atoms with Crippen molar-refractivity contribution in [1.29, 1.82) is 0 Å². The summed E-state index contributed by atoms with van der Waals surface area (Å²) < 4.78 is 25.8. The lowest BCUT2D eigenvalue weighted by molar-refractivity contribution is 0.0707. The highest BCUT2D eigenvalue weighted by atomic mass is 19.1. The van der Waals surface area contributed by atoms with Crippen LogP contribution in [0.1, 0.15) is 22.8 Å². The fourth-order valence-electron chi connectivity index (χ4n) is 3.08. The van der Waals surface area contributed by atoms with E-state index in [9.17, 15) is 9.18 Å². The summed E-state index contributed by atoms with van der Waals surface area (Å²) in [6.45, 7) is 1.29. The topological polar surface area (TPSA) is 76.6 Å². The molecule has 0 spiro atoms. The van der Waals surface area contributed by atoms with Crippen LogP contribution >= 0.6 is 0 Å². The van der Waals surface area contributed by atoms with Gasteiger partial charge in [0.2, 0.25) is 5.76 Å². The third kappa shape index (κ3) is 3.81. The molecule has 0 radical (unpaired) electrons. The molecule has 0 bridgehead atoms. The van der Waals surface area contributed by atoms with Crippen molar-refractivity contribution in [3.8, 4) is 5.88 Å². The average Bonchev–Trinajstić information content (AvgIpc) is 3.29. The number of nitrogens with zero attached hydrogens (tertiary/aromatic N) is 5. The van der Waals surface area contributed by atoms with Gasteiger partial charge in [-0.3, -0.25) is 9.69 Å². The maximum absolute atomic E-state index is 14.0. The molecule has 0 N–H and O–H groups in total. The van der Waals surface area contributed by atoms with Crippen molar-refractivity contribution >= 4 is 5.91 Å². The van der Waals surface area contributed by atoms with E-state index in [1.807, 2.05) is 22.7 Å². The molecule has 1 aliphatic heterocycles. The van der Waals surface area contributed by atoms with Gasteiger partial charge in [0.1, 0.15) is 12.0 Å². The Bertz CT molecular complexity index is 731. The van der Waals surface area contributed by atoms with Crippen LogP contribution in [0.4, 0.5) is 4.39 Å². The number of hydrogen-bond donors (Lipinski definition) is 0. The van der Waals surface area contributed by atoms with Crippen LogP contribution in [0.15, 0.2) is 23.0 Å². The van der Waals surface area contributed by atoms with E-state index in [4.69, 9.17) is 9.26 Å². The molecule has 2 aromatic heterocycles. The maximum Gasteiger partial charge on any atom is 0.292 e. The van der Waals surface area contributed by atoms with E-state index in [-0.39, 0.29) is 23.6 Å². The second kappa shape index (κ2) is 7.22. The summed E-state index contributed by atoms with van der Waals surface area (Å²) in [5.74, 6) is 0.908. The molecule has 0 aliphatic carbocycles. The first-order valence-electron chi connectivity index (χ1n) is 8.08. The van der Waals surface area contributed by atoms with Crippen molar-refractivity contribution in [3.05, 3.63) is 30.0 Å². The summed E-state index contributed by atoms with van der Waals surface area (Å²) in [4.78, 5) is 20.3. The molecular weight excluding hydrogens is 329 g/mol. The lowest BCUT2D eigenvalue weighted by Gasteiger charge is -2.27. The molecule has 9 heteroatoms. The number of carbonyl (C=O) groups excluding carboxylic acids is 1. The lowest BCUT2D eigenvalue weighted by atomic mass is 10.2. The van der Waals surface area contributed by atoms with E-state index in [1.54, 1.807) is 13.2 Å². The fraction of sp³-hybridized carbons (Fsp3) is 0.562. The van der Waals surface area contributed by atoms with Crippen LogP contribution in [0, 0.1) is 0 Å². The Labute approximate surface area is 145 Å². The zero-order chi connectivity index (χ0) is 18.0. The largest absolute Gasteiger partial charge is 0.479 e. The van der Waals surface area contributed by atoms with E-state index < -0.39 is 6.17 Å². The minimum absolute atomic E-state index is 0.0783. The zero-order valence-corrected chi connectivity index (χ0v) is 14.6. The normalized spacial score (nSPS) is 20.8. The van der Waals surface area contributed by atoms with Gasteiger partial charge in [0.25, 0.3) is 11.8 Å². The molecule has 8 nitrogen and oxygen atoms in total. The van der Waals surface area contributed by atoms with Crippen molar-refractivity contribution in [2.24, 2.45) is 7.05 Å². The fourth-order valence-corrected chi connectivity index (χ4v) is 3.08. The number of likely N-dealkylation sites (tertiary alicyclic amines) is 1. The average molecular weight is 351 g/mol. The molecule has 3 rings (SSSR count). The van der Waals surface area contributed by atoms with Crippen LogP contribution in [-0.4, -0.2) is 69.9 Å². The highest BCUT2D eigenvalue weighted by Crippen LogP contribution is 2.23. The quantitative estimate of drug-likeness (QED) is 0.776. The minimum atomic E-state index is -0.904. The summed E-state index contributed by atoms with van der Waals surface area (Å²) in [6, 6.07) is 1.36. The van der Waals surface area contributed by atoms with Gasteiger partial charge in [-0.2, -0.15) is 0 Å². The first-order chi connectivity index (χ1) is 12.0. The molecule has 0 saturated carbocycles. The van der Waals surface area contributed by atoms with Gasteiger partial charge in [-0.05, 0) is 11.6 Å². The number of alkyl halides is 1. The summed E-state index contributed by atoms with van der Waals surface area (Å²) in [5, 5.41) is 3.63. The van der Waals surface area contributed by atoms with Crippen LogP contribution in [-0.2, 0) is 13.6 Å². The van der Waals surface area contributed by atoms with Crippen LogP contribution in [0.3, 0.4) is 0 Å². The third-order valence-electron chi connectivity index (χ3n) is 4.48. The summed E-state index contributed by atoms with van der Waals surface area (Å²) in [6.07, 6.45) is 3.07. The standard InChI is InChI=1S/C16H22FN5O3/c1-20-5-4-18-14(20)10-22-8-11(17)6-12(22)9-21(2)16(23)13-7-15(24-3)19-25-13/h4-5,7,11-12H,6,8-10H2,1-3H3/t11-,12-/m0/s1. The van der Waals surface area contributed by atoms with E-state index >= 15 is 0 Å². The molecule has 1 amide bonds. The van der Waals surface area contributed by atoms with E-state index in [0.29, 0.717) is 26.1 Å². The molecule has 3 heterocycles. The Morgan fingerprint density at radius 3 is 3.00 bits per heavy atom. The van der Waals surface area contributed by atoms with Gasteiger partial charge in [0.05, 0.1) is 19.7 Å². The number of ether oxygens (including phenoxy) is 1. The SMILES string of the molecule is COc1cc(C(=O)N(C)C[C@@H]2C[C@H](F)CN2Cc2nccn2C)on1. The van der Waals surface area contributed by atoms with Gasteiger partial charge in [0, 0.05) is 45.6 Å². The van der Waals surface area contributed by atoms with Crippen LogP contribution in [0.5, 0.6) is 5.88 Å². The van der Waals surface area contributed by atoms with Gasteiger partial charge in [-0.15, -0.1) is 0 Å². The monoisotopic (exact) mass is 351 g/mol. The smallest absolute Gasteiger partial charge is 0.292 e. The molecule has 0 aromatic carbocycles. The summed E-state index contributed by atoms with van der Waals surface area (Å²) in [7, 11) is 5.03. The molecule has 25 heavy (non-hydrogen) atoms. The number of imidazole rings is 1. The highest BCUT2D eigenvalue weighted by Gasteiger charge is 2.34. The molecule has 2 atom stereocenters. The second-order valence-electron chi connectivity index (χ2n) is 6.29. The van der Waals surface area contributed by atoms with Crippen LogP contribution in [0.25, 0.3) is 0 Å². The number of aromatic nitrogens is 3. The molecule has 1 saturated heterocycles. The van der Waals surface area contributed by atoms with Crippen LogP contribution in [0.2, 0.25) is 0 Å². The molecule has 136 valence electrons. The summed E-state index contributed by atoms with van der Waals surface area (Å²) in [5.41, 5.74) is 0. The molecular formula is C16H22FN5O3. The number of likely N-dealkylation sites (N-methyl/N-ethyl adjacent to an activating group) is 1. The van der Waals surface area contributed by atoms with Crippen molar-refractivity contribution < 1.29 is 18.4 Å². The van der Waals surface area contributed by atoms with Gasteiger partial charge in [0.15, 0.2) is 0 Å². The molecule has 0 unspecified atom stereocenters. The first kappa shape index (κ1) is 17.4. The number of rotatable bonds is 6. The Morgan fingerprint density at radius 2 is 2.36 bits per heavy atom. The van der Waals surface area contributed by atoms with E-state index in [1.165, 1.54) is 18.1 Å². The predicted octanol–water partition coefficient (Wildman–Crippen LogP) is 1.10. The van der Waals surface area contributed by atoms with Crippen molar-refractivity contribution in [1.82, 2.24) is 24.5 Å². The first-order valence-corrected chi connectivity index (χ1v) is 8.08. The van der Waals surface area contributed by atoms with Crippen molar-refractivity contribution in [3.63, 3.8) is 0 Å². The number of amides is 1. The predicted molar refractivity (Wildman–Crippen MR) is 86.9 cm³/mol.